The third-order valence-electron chi connectivity index (χ3n) is 4.17. The van der Waals surface area contributed by atoms with Crippen molar-refractivity contribution < 1.29 is 9.21 Å². The Morgan fingerprint density at radius 3 is 2.74 bits per heavy atom. The van der Waals surface area contributed by atoms with Gasteiger partial charge in [0.15, 0.2) is 0 Å². The highest BCUT2D eigenvalue weighted by Gasteiger charge is 2.36. The molecule has 0 spiro atoms. The Morgan fingerprint density at radius 2 is 2.09 bits per heavy atom. The van der Waals surface area contributed by atoms with Gasteiger partial charge in [0.2, 0.25) is 0 Å². The molecule has 1 aliphatic rings. The van der Waals surface area contributed by atoms with Crippen LogP contribution in [0.3, 0.4) is 0 Å². The van der Waals surface area contributed by atoms with E-state index >= 15 is 0 Å². The predicted octanol–water partition coefficient (Wildman–Crippen LogP) is 4.26. The summed E-state index contributed by atoms with van der Waals surface area (Å²) >= 11 is 0. The summed E-state index contributed by atoms with van der Waals surface area (Å²) in [7, 11) is 0. The van der Waals surface area contributed by atoms with Crippen LogP contribution in [0.4, 0.5) is 5.69 Å². The molecule has 0 aliphatic heterocycles. The van der Waals surface area contributed by atoms with E-state index in [1.54, 1.807) is 6.07 Å². The van der Waals surface area contributed by atoms with Gasteiger partial charge in [0.1, 0.15) is 23.2 Å². The highest BCUT2D eigenvalue weighted by Crippen LogP contribution is 2.47. The van der Waals surface area contributed by atoms with Crippen molar-refractivity contribution in [2.24, 2.45) is 5.92 Å². The van der Waals surface area contributed by atoms with Crippen LogP contribution in [0.2, 0.25) is 0 Å². The molecule has 1 aromatic carbocycles. The molecule has 1 N–H and O–H groups in total. The maximum atomic E-state index is 12.3. The van der Waals surface area contributed by atoms with Crippen molar-refractivity contribution in [1.82, 2.24) is 0 Å². The van der Waals surface area contributed by atoms with Crippen LogP contribution in [0.15, 0.2) is 46.4 Å². The van der Waals surface area contributed by atoms with E-state index in [1.807, 2.05) is 43.3 Å². The van der Waals surface area contributed by atoms with E-state index in [-0.39, 0.29) is 5.57 Å². The van der Waals surface area contributed by atoms with Crippen molar-refractivity contribution in [2.45, 2.75) is 26.2 Å². The van der Waals surface area contributed by atoms with Crippen LogP contribution >= 0.6 is 0 Å². The van der Waals surface area contributed by atoms with Gasteiger partial charge in [-0.25, -0.2) is 0 Å². The Bertz CT molecular complexity index is 811. The number of hydrogen-bond donors (Lipinski definition) is 1. The second-order valence-corrected chi connectivity index (χ2v) is 6.00. The SMILES string of the molecule is Cc1ccccc1NC(=O)/C(C#N)=C/c1ccc([C@H]2C[C@@H]2C)o1. The highest BCUT2D eigenvalue weighted by molar-refractivity contribution is 6.09. The van der Waals surface area contributed by atoms with Crippen LogP contribution < -0.4 is 5.32 Å². The Kier molecular flexibility index (Phi) is 4.03. The van der Waals surface area contributed by atoms with Gasteiger partial charge in [0, 0.05) is 17.7 Å². The molecule has 4 nitrogen and oxygen atoms in total. The number of amides is 1. The van der Waals surface area contributed by atoms with E-state index in [0.29, 0.717) is 23.3 Å². The first kappa shape index (κ1) is 15.1. The number of nitrogens with zero attached hydrogens (tertiary/aromatic N) is 1. The number of anilines is 1. The number of carbonyl (C=O) groups is 1. The molecule has 23 heavy (non-hydrogen) atoms. The third-order valence-corrected chi connectivity index (χ3v) is 4.17. The topological polar surface area (TPSA) is 66.0 Å². The summed E-state index contributed by atoms with van der Waals surface area (Å²) in [6.07, 6.45) is 2.62. The van der Waals surface area contributed by atoms with Crippen LogP contribution in [0.5, 0.6) is 0 Å². The van der Waals surface area contributed by atoms with Gasteiger partial charge in [-0.2, -0.15) is 5.26 Å². The molecule has 1 saturated carbocycles. The summed E-state index contributed by atoms with van der Waals surface area (Å²) < 4.78 is 5.73. The van der Waals surface area contributed by atoms with Crippen LogP contribution in [-0.4, -0.2) is 5.91 Å². The van der Waals surface area contributed by atoms with Crippen LogP contribution in [0.25, 0.3) is 6.08 Å². The number of aryl methyl sites for hydroxylation is 1. The predicted molar refractivity (Wildman–Crippen MR) is 88.6 cm³/mol. The molecule has 1 fully saturated rings. The van der Waals surface area contributed by atoms with E-state index in [0.717, 1.165) is 17.7 Å². The van der Waals surface area contributed by atoms with Crippen LogP contribution in [0, 0.1) is 24.2 Å². The van der Waals surface area contributed by atoms with Gasteiger partial charge in [-0.1, -0.05) is 25.1 Å². The largest absolute Gasteiger partial charge is 0.461 e. The quantitative estimate of drug-likeness (QED) is 0.678. The van der Waals surface area contributed by atoms with Crippen molar-refractivity contribution >= 4 is 17.7 Å². The first-order valence-electron chi connectivity index (χ1n) is 7.67. The monoisotopic (exact) mass is 306 g/mol. The number of benzene rings is 1. The van der Waals surface area contributed by atoms with E-state index in [1.165, 1.54) is 6.08 Å². The Hall–Kier alpha value is -2.80. The molecule has 0 radical (unpaired) electrons. The summed E-state index contributed by atoms with van der Waals surface area (Å²) in [4.78, 5) is 12.3. The van der Waals surface area contributed by atoms with Gasteiger partial charge < -0.3 is 9.73 Å². The lowest BCUT2D eigenvalue weighted by atomic mass is 10.1. The zero-order valence-corrected chi connectivity index (χ0v) is 13.2. The third kappa shape index (κ3) is 3.35. The van der Waals surface area contributed by atoms with Crippen molar-refractivity contribution in [2.75, 3.05) is 5.32 Å². The maximum Gasteiger partial charge on any atom is 0.266 e. The molecule has 2 atom stereocenters. The number of rotatable bonds is 4. The van der Waals surface area contributed by atoms with E-state index in [2.05, 4.69) is 12.2 Å². The zero-order valence-electron chi connectivity index (χ0n) is 13.2. The Morgan fingerprint density at radius 1 is 1.35 bits per heavy atom. The van der Waals surface area contributed by atoms with Gasteiger partial charge in [-0.3, -0.25) is 4.79 Å². The minimum Gasteiger partial charge on any atom is -0.461 e. The second kappa shape index (κ2) is 6.13. The number of carbonyl (C=O) groups excluding carboxylic acids is 1. The standard InChI is InChI=1S/C19H18N2O2/c1-12-5-3-4-6-17(12)21-19(22)14(11-20)10-15-7-8-18(23-15)16-9-13(16)2/h3-8,10,13,16H,9H2,1-2H3,(H,21,22)/b14-10+/t13-,16-/m0/s1. The molecule has 116 valence electrons. The molecule has 0 unspecified atom stereocenters. The first-order chi connectivity index (χ1) is 11.1. The van der Waals surface area contributed by atoms with Crippen LogP contribution in [0.1, 0.15) is 36.3 Å². The van der Waals surface area contributed by atoms with Gasteiger partial charge in [-0.05, 0) is 43.0 Å². The molecular weight excluding hydrogens is 288 g/mol. The number of hydrogen-bond acceptors (Lipinski definition) is 3. The van der Waals surface area contributed by atoms with Crippen LogP contribution in [-0.2, 0) is 4.79 Å². The first-order valence-corrected chi connectivity index (χ1v) is 7.67. The average Bonchev–Trinajstić information content (AvgIpc) is 3.09. The molecule has 1 aromatic heterocycles. The van der Waals surface area contributed by atoms with Gasteiger partial charge in [0.25, 0.3) is 5.91 Å². The Balaban J connectivity index is 1.76. The van der Waals surface area contributed by atoms with Gasteiger partial charge >= 0.3 is 0 Å². The van der Waals surface area contributed by atoms with Crippen molar-refractivity contribution in [3.8, 4) is 6.07 Å². The second-order valence-electron chi connectivity index (χ2n) is 6.00. The molecule has 1 aliphatic carbocycles. The lowest BCUT2D eigenvalue weighted by molar-refractivity contribution is -0.112. The molecule has 3 rings (SSSR count). The lowest BCUT2D eigenvalue weighted by Crippen LogP contribution is -2.14. The maximum absolute atomic E-state index is 12.3. The molecule has 0 saturated heterocycles. The molecule has 1 heterocycles. The summed E-state index contributed by atoms with van der Waals surface area (Å²) in [5.41, 5.74) is 1.67. The van der Waals surface area contributed by atoms with E-state index in [9.17, 15) is 10.1 Å². The lowest BCUT2D eigenvalue weighted by Gasteiger charge is -2.06. The zero-order chi connectivity index (χ0) is 16.4. The molecule has 0 bridgehead atoms. The highest BCUT2D eigenvalue weighted by atomic mass is 16.3. The average molecular weight is 306 g/mol. The fourth-order valence-corrected chi connectivity index (χ4v) is 2.56. The number of furan rings is 1. The molecular formula is C19H18N2O2. The number of para-hydroxylation sites is 1. The van der Waals surface area contributed by atoms with Crippen molar-refractivity contribution in [3.05, 3.63) is 59.1 Å². The fourth-order valence-electron chi connectivity index (χ4n) is 2.56. The number of nitrogens with one attached hydrogen (secondary N) is 1. The summed E-state index contributed by atoms with van der Waals surface area (Å²) in [6, 6.07) is 13.1. The minimum absolute atomic E-state index is 0.0259. The normalized spacial score (nSPS) is 20.0. The summed E-state index contributed by atoms with van der Waals surface area (Å²) in [6.45, 7) is 4.08. The minimum atomic E-state index is -0.431. The van der Waals surface area contributed by atoms with Crippen molar-refractivity contribution in [3.63, 3.8) is 0 Å². The van der Waals surface area contributed by atoms with Gasteiger partial charge in [0.05, 0.1) is 0 Å². The van der Waals surface area contributed by atoms with E-state index in [4.69, 9.17) is 4.42 Å². The fraction of sp³-hybridized carbons (Fsp3) is 0.263. The van der Waals surface area contributed by atoms with Crippen molar-refractivity contribution in [1.29, 1.82) is 5.26 Å². The smallest absolute Gasteiger partial charge is 0.266 e. The van der Waals surface area contributed by atoms with E-state index < -0.39 is 5.91 Å². The van der Waals surface area contributed by atoms with Gasteiger partial charge in [-0.15, -0.1) is 0 Å². The Labute approximate surface area is 135 Å². The molecule has 1 amide bonds. The summed E-state index contributed by atoms with van der Waals surface area (Å²) in [5.74, 6) is 2.16. The summed E-state index contributed by atoms with van der Waals surface area (Å²) in [5, 5.41) is 12.0. The number of nitriles is 1. The molecule has 4 heteroatoms. The molecule has 2 aromatic rings.